The lowest BCUT2D eigenvalue weighted by Crippen LogP contribution is -2.36. The summed E-state index contributed by atoms with van der Waals surface area (Å²) in [5.41, 5.74) is 2.98. The third-order valence-corrected chi connectivity index (χ3v) is 4.97. The molecule has 2 aromatic rings. The SMILES string of the molecule is CC(C)c1cc(Br)ccc1OCC(=O)Nc1ccc(N2CCOCC2)cc1. The summed E-state index contributed by atoms with van der Waals surface area (Å²) in [6.07, 6.45) is 0. The molecule has 0 aliphatic carbocycles. The quantitative estimate of drug-likeness (QED) is 0.733. The predicted octanol–water partition coefficient (Wildman–Crippen LogP) is 4.43. The Labute approximate surface area is 168 Å². The normalized spacial score (nSPS) is 14.3. The van der Waals surface area contributed by atoms with E-state index in [1.165, 1.54) is 0 Å². The van der Waals surface area contributed by atoms with Crippen LogP contribution in [-0.2, 0) is 9.53 Å². The minimum atomic E-state index is -0.174. The third-order valence-electron chi connectivity index (χ3n) is 4.48. The summed E-state index contributed by atoms with van der Waals surface area (Å²) in [4.78, 5) is 14.5. The van der Waals surface area contributed by atoms with Crippen molar-refractivity contribution < 1.29 is 14.3 Å². The maximum atomic E-state index is 12.2. The zero-order valence-electron chi connectivity index (χ0n) is 15.7. The number of ether oxygens (including phenoxy) is 2. The van der Waals surface area contributed by atoms with Gasteiger partial charge in [0.05, 0.1) is 13.2 Å². The van der Waals surface area contributed by atoms with Gasteiger partial charge in [-0.3, -0.25) is 4.79 Å². The van der Waals surface area contributed by atoms with Gasteiger partial charge in [-0.25, -0.2) is 0 Å². The summed E-state index contributed by atoms with van der Waals surface area (Å²) >= 11 is 3.48. The van der Waals surface area contributed by atoms with Crippen LogP contribution in [0.1, 0.15) is 25.3 Å². The second kappa shape index (κ2) is 9.24. The van der Waals surface area contributed by atoms with Gasteiger partial charge in [0.1, 0.15) is 5.75 Å². The topological polar surface area (TPSA) is 50.8 Å². The molecule has 1 aliphatic rings. The van der Waals surface area contributed by atoms with E-state index < -0.39 is 0 Å². The van der Waals surface area contributed by atoms with Gasteiger partial charge in [0, 0.05) is 28.9 Å². The highest BCUT2D eigenvalue weighted by Crippen LogP contribution is 2.29. The van der Waals surface area contributed by atoms with Crippen LogP contribution in [0.5, 0.6) is 5.75 Å². The maximum absolute atomic E-state index is 12.2. The molecule has 5 nitrogen and oxygen atoms in total. The number of nitrogens with one attached hydrogen (secondary N) is 1. The van der Waals surface area contributed by atoms with Crippen LogP contribution in [0.3, 0.4) is 0 Å². The molecule has 6 heteroatoms. The molecular weight excluding hydrogens is 408 g/mol. The Kier molecular flexibility index (Phi) is 6.74. The minimum Gasteiger partial charge on any atom is -0.483 e. The van der Waals surface area contributed by atoms with E-state index in [-0.39, 0.29) is 12.5 Å². The Balaban J connectivity index is 1.55. The third kappa shape index (κ3) is 5.47. The summed E-state index contributed by atoms with van der Waals surface area (Å²) in [6, 6.07) is 13.7. The molecule has 0 bridgehead atoms. The van der Waals surface area contributed by atoms with E-state index in [1.54, 1.807) is 0 Å². The second-order valence-corrected chi connectivity index (χ2v) is 7.74. The molecule has 0 atom stereocenters. The first-order chi connectivity index (χ1) is 13.0. The van der Waals surface area contributed by atoms with Crippen LogP contribution in [0.15, 0.2) is 46.9 Å². The van der Waals surface area contributed by atoms with Gasteiger partial charge >= 0.3 is 0 Å². The Morgan fingerprint density at radius 1 is 1.19 bits per heavy atom. The predicted molar refractivity (Wildman–Crippen MR) is 112 cm³/mol. The van der Waals surface area contributed by atoms with Crippen molar-refractivity contribution in [1.82, 2.24) is 0 Å². The number of hydrogen-bond acceptors (Lipinski definition) is 4. The molecule has 1 fully saturated rings. The molecule has 1 aliphatic heterocycles. The molecule has 0 saturated carbocycles. The van der Waals surface area contributed by atoms with Gasteiger partial charge in [0.15, 0.2) is 6.61 Å². The van der Waals surface area contributed by atoms with Crippen LogP contribution < -0.4 is 15.0 Å². The molecule has 1 saturated heterocycles. The fraction of sp³-hybridized carbons (Fsp3) is 0.381. The molecule has 1 heterocycles. The van der Waals surface area contributed by atoms with Crippen LogP contribution in [0, 0.1) is 0 Å². The minimum absolute atomic E-state index is 0.0213. The summed E-state index contributed by atoms with van der Waals surface area (Å²) in [5, 5.41) is 2.89. The van der Waals surface area contributed by atoms with E-state index in [9.17, 15) is 4.79 Å². The highest BCUT2D eigenvalue weighted by atomic mass is 79.9. The van der Waals surface area contributed by atoms with Crippen molar-refractivity contribution in [3.63, 3.8) is 0 Å². The monoisotopic (exact) mass is 432 g/mol. The van der Waals surface area contributed by atoms with Crippen molar-refractivity contribution in [2.24, 2.45) is 0 Å². The number of morpholine rings is 1. The highest BCUT2D eigenvalue weighted by molar-refractivity contribution is 9.10. The number of carbonyl (C=O) groups excluding carboxylic acids is 1. The summed E-state index contributed by atoms with van der Waals surface area (Å²) < 4.78 is 12.1. The van der Waals surface area contributed by atoms with Crippen molar-refractivity contribution in [1.29, 1.82) is 0 Å². The number of amides is 1. The standard InChI is InChI=1S/C21H25BrN2O3/c1-15(2)19-13-16(22)3-8-20(19)27-14-21(25)23-17-4-6-18(7-5-17)24-9-11-26-12-10-24/h3-8,13,15H,9-12,14H2,1-2H3,(H,23,25). The van der Waals surface area contributed by atoms with E-state index in [4.69, 9.17) is 9.47 Å². The number of carbonyl (C=O) groups is 1. The molecule has 1 N–H and O–H groups in total. The van der Waals surface area contributed by atoms with Crippen molar-refractivity contribution >= 4 is 33.2 Å². The van der Waals surface area contributed by atoms with E-state index in [0.717, 1.165) is 53.5 Å². The first kappa shape index (κ1) is 19.7. The molecule has 0 spiro atoms. The number of nitrogens with zero attached hydrogens (tertiary/aromatic N) is 1. The van der Waals surface area contributed by atoms with Gasteiger partial charge in [-0.1, -0.05) is 29.8 Å². The molecular formula is C21H25BrN2O3. The summed E-state index contributed by atoms with van der Waals surface area (Å²) in [5.74, 6) is 0.881. The number of hydrogen-bond donors (Lipinski definition) is 1. The van der Waals surface area contributed by atoms with E-state index in [0.29, 0.717) is 5.92 Å². The van der Waals surface area contributed by atoms with E-state index in [1.807, 2.05) is 42.5 Å². The number of benzene rings is 2. The second-order valence-electron chi connectivity index (χ2n) is 6.82. The molecule has 0 radical (unpaired) electrons. The molecule has 2 aromatic carbocycles. The lowest BCUT2D eigenvalue weighted by Gasteiger charge is -2.28. The maximum Gasteiger partial charge on any atom is 0.262 e. The van der Waals surface area contributed by atoms with Gasteiger partial charge in [-0.05, 0) is 53.9 Å². The van der Waals surface area contributed by atoms with E-state index >= 15 is 0 Å². The molecule has 1 amide bonds. The van der Waals surface area contributed by atoms with Crippen LogP contribution in [0.25, 0.3) is 0 Å². The lowest BCUT2D eigenvalue weighted by molar-refractivity contribution is -0.118. The van der Waals surface area contributed by atoms with Gasteiger partial charge in [0.25, 0.3) is 5.91 Å². The largest absolute Gasteiger partial charge is 0.483 e. The smallest absolute Gasteiger partial charge is 0.262 e. The Morgan fingerprint density at radius 2 is 1.89 bits per heavy atom. The van der Waals surface area contributed by atoms with Gasteiger partial charge in [-0.2, -0.15) is 0 Å². The molecule has 3 rings (SSSR count). The van der Waals surface area contributed by atoms with Crippen LogP contribution in [0.4, 0.5) is 11.4 Å². The molecule has 27 heavy (non-hydrogen) atoms. The van der Waals surface area contributed by atoms with Crippen molar-refractivity contribution in [3.05, 3.63) is 52.5 Å². The summed E-state index contributed by atoms with van der Waals surface area (Å²) in [7, 11) is 0. The average Bonchev–Trinajstić information content (AvgIpc) is 2.68. The average molecular weight is 433 g/mol. The van der Waals surface area contributed by atoms with Crippen molar-refractivity contribution in [3.8, 4) is 5.75 Å². The van der Waals surface area contributed by atoms with Crippen LogP contribution >= 0.6 is 15.9 Å². The zero-order valence-corrected chi connectivity index (χ0v) is 17.3. The Morgan fingerprint density at radius 3 is 2.56 bits per heavy atom. The Bertz CT molecular complexity index is 771. The first-order valence-electron chi connectivity index (χ1n) is 9.18. The fourth-order valence-corrected chi connectivity index (χ4v) is 3.40. The lowest BCUT2D eigenvalue weighted by atomic mass is 10.0. The molecule has 0 aromatic heterocycles. The highest BCUT2D eigenvalue weighted by Gasteiger charge is 2.13. The van der Waals surface area contributed by atoms with Crippen LogP contribution in [-0.4, -0.2) is 38.8 Å². The first-order valence-corrected chi connectivity index (χ1v) is 9.97. The van der Waals surface area contributed by atoms with Crippen molar-refractivity contribution in [2.75, 3.05) is 43.1 Å². The van der Waals surface area contributed by atoms with Gasteiger partial charge in [-0.15, -0.1) is 0 Å². The Hall–Kier alpha value is -2.05. The number of halogens is 1. The number of anilines is 2. The van der Waals surface area contributed by atoms with Crippen LogP contribution in [0.2, 0.25) is 0 Å². The molecule has 0 unspecified atom stereocenters. The molecule has 144 valence electrons. The van der Waals surface area contributed by atoms with E-state index in [2.05, 4.69) is 40.0 Å². The van der Waals surface area contributed by atoms with Crippen molar-refractivity contribution in [2.45, 2.75) is 19.8 Å². The summed E-state index contributed by atoms with van der Waals surface area (Å²) in [6.45, 7) is 7.48. The fourth-order valence-electron chi connectivity index (χ4n) is 3.02. The zero-order chi connectivity index (χ0) is 19.2. The van der Waals surface area contributed by atoms with Gasteiger partial charge < -0.3 is 19.7 Å². The van der Waals surface area contributed by atoms with Gasteiger partial charge in [0.2, 0.25) is 0 Å². The number of rotatable bonds is 6.